The zero-order valence-corrected chi connectivity index (χ0v) is 18.3. The number of allylic oxidation sites excluding steroid dienone is 1. The van der Waals surface area contributed by atoms with Crippen molar-refractivity contribution in [2.24, 2.45) is 16.9 Å². The number of carbonyl (C=O) groups is 3. The lowest BCUT2D eigenvalue weighted by atomic mass is 9.86. The number of imide groups is 1. The number of rotatable bonds is 4. The van der Waals surface area contributed by atoms with Gasteiger partial charge < -0.3 is 14.2 Å². The van der Waals surface area contributed by atoms with E-state index in [-0.39, 0.29) is 11.7 Å². The van der Waals surface area contributed by atoms with Gasteiger partial charge in [-0.1, -0.05) is 6.08 Å². The van der Waals surface area contributed by atoms with E-state index < -0.39 is 29.8 Å². The number of ketones is 1. The van der Waals surface area contributed by atoms with Gasteiger partial charge in [0.05, 0.1) is 30.7 Å². The lowest BCUT2D eigenvalue weighted by molar-refractivity contribution is -0.123. The quantitative estimate of drug-likeness (QED) is 0.510. The van der Waals surface area contributed by atoms with Gasteiger partial charge in [0.2, 0.25) is 11.8 Å². The molecule has 2 aromatic rings. The van der Waals surface area contributed by atoms with Crippen molar-refractivity contribution in [1.29, 1.82) is 0 Å². The monoisotopic (exact) mass is 459 g/mol. The van der Waals surface area contributed by atoms with Gasteiger partial charge in [-0.2, -0.15) is 5.10 Å². The zero-order valence-electron chi connectivity index (χ0n) is 18.3. The van der Waals surface area contributed by atoms with Gasteiger partial charge in [0.15, 0.2) is 17.3 Å². The van der Waals surface area contributed by atoms with E-state index in [9.17, 15) is 14.4 Å². The fourth-order valence-electron chi connectivity index (χ4n) is 5.19. The maximum Gasteiger partial charge on any atom is 0.240 e. The van der Waals surface area contributed by atoms with E-state index in [2.05, 4.69) is 5.10 Å². The van der Waals surface area contributed by atoms with Crippen molar-refractivity contribution in [2.45, 2.75) is 12.1 Å². The predicted molar refractivity (Wildman–Crippen MR) is 121 cm³/mol. The molecule has 0 bridgehead atoms. The van der Waals surface area contributed by atoms with Crippen LogP contribution in [0.15, 0.2) is 59.7 Å². The van der Waals surface area contributed by atoms with Gasteiger partial charge in [-0.15, -0.1) is 0 Å². The molecule has 4 atom stereocenters. The van der Waals surface area contributed by atoms with E-state index in [1.165, 1.54) is 4.90 Å². The van der Waals surface area contributed by atoms with Crippen molar-refractivity contribution in [3.63, 3.8) is 0 Å². The summed E-state index contributed by atoms with van der Waals surface area (Å²) in [6.07, 6.45) is 5.13. The van der Waals surface area contributed by atoms with Crippen LogP contribution in [0.3, 0.4) is 0 Å². The van der Waals surface area contributed by atoms with Gasteiger partial charge in [-0.25, -0.2) is 4.90 Å². The number of fused-ring (bicyclic) bond motifs is 4. The highest BCUT2D eigenvalue weighted by Crippen LogP contribution is 2.47. The van der Waals surface area contributed by atoms with Crippen LogP contribution in [0, 0.1) is 11.8 Å². The number of methoxy groups -OCH3 is 1. The first kappa shape index (κ1) is 20.5. The summed E-state index contributed by atoms with van der Waals surface area (Å²) in [5.74, 6) is -0.951. The molecule has 172 valence electrons. The Kier molecular flexibility index (Phi) is 4.65. The molecule has 4 aliphatic heterocycles. The second-order valence-corrected chi connectivity index (χ2v) is 8.45. The van der Waals surface area contributed by atoms with Crippen LogP contribution >= 0.6 is 0 Å². The smallest absolute Gasteiger partial charge is 0.240 e. The number of ether oxygens (including phenoxy) is 3. The molecular weight excluding hydrogens is 438 g/mol. The summed E-state index contributed by atoms with van der Waals surface area (Å²) in [5.41, 5.74) is 0.826. The summed E-state index contributed by atoms with van der Waals surface area (Å²) in [4.78, 5) is 42.1. The molecule has 0 radical (unpaired) electrons. The molecule has 4 aliphatic rings. The molecular formula is C25H21N3O6. The number of anilines is 1. The van der Waals surface area contributed by atoms with E-state index in [4.69, 9.17) is 14.2 Å². The molecule has 0 aliphatic carbocycles. The van der Waals surface area contributed by atoms with Crippen molar-refractivity contribution < 1.29 is 28.6 Å². The van der Waals surface area contributed by atoms with Gasteiger partial charge >= 0.3 is 0 Å². The van der Waals surface area contributed by atoms with Crippen LogP contribution in [0.25, 0.3) is 0 Å². The molecule has 6 rings (SSSR count). The van der Waals surface area contributed by atoms with Crippen LogP contribution in [0.2, 0.25) is 0 Å². The second kappa shape index (κ2) is 7.72. The number of hydrazone groups is 1. The minimum Gasteiger partial charge on any atom is -0.497 e. The number of amides is 2. The average molecular weight is 459 g/mol. The predicted octanol–water partition coefficient (Wildman–Crippen LogP) is 2.06. The van der Waals surface area contributed by atoms with Gasteiger partial charge in [0.1, 0.15) is 25.0 Å². The van der Waals surface area contributed by atoms with E-state index in [0.29, 0.717) is 41.7 Å². The van der Waals surface area contributed by atoms with E-state index in [1.54, 1.807) is 66.9 Å². The fourth-order valence-corrected chi connectivity index (χ4v) is 5.19. The number of Topliss-reactive ketones (excluding diaryl/α,β-unsaturated/α-hetero) is 1. The molecule has 9 heteroatoms. The van der Waals surface area contributed by atoms with E-state index in [1.807, 2.05) is 6.08 Å². The Morgan fingerprint density at radius 3 is 2.50 bits per heavy atom. The molecule has 2 amide bonds. The summed E-state index contributed by atoms with van der Waals surface area (Å²) < 4.78 is 16.4. The number of nitrogens with zero attached hydrogens (tertiary/aromatic N) is 3. The van der Waals surface area contributed by atoms with Crippen LogP contribution < -0.4 is 19.1 Å². The van der Waals surface area contributed by atoms with Crippen molar-refractivity contribution in [3.05, 3.63) is 60.2 Å². The van der Waals surface area contributed by atoms with Crippen LogP contribution in [-0.2, 0) is 9.59 Å². The third-order valence-electron chi connectivity index (χ3n) is 6.72. The normalized spacial score (nSPS) is 26.5. The molecule has 2 saturated heterocycles. The van der Waals surface area contributed by atoms with Crippen molar-refractivity contribution >= 4 is 29.5 Å². The maximum absolute atomic E-state index is 13.7. The van der Waals surface area contributed by atoms with Crippen molar-refractivity contribution in [2.75, 3.05) is 25.2 Å². The Bertz CT molecular complexity index is 1250. The molecule has 34 heavy (non-hydrogen) atoms. The first-order chi connectivity index (χ1) is 16.6. The van der Waals surface area contributed by atoms with Crippen LogP contribution in [0.1, 0.15) is 10.4 Å². The minimum atomic E-state index is -0.900. The van der Waals surface area contributed by atoms with Crippen molar-refractivity contribution in [1.82, 2.24) is 5.01 Å². The fraction of sp³-hybridized carbons (Fsp3) is 0.280. The lowest BCUT2D eigenvalue weighted by Gasteiger charge is -2.30. The number of carbonyl (C=O) groups excluding carboxylic acids is 3. The molecule has 0 spiro atoms. The molecule has 4 heterocycles. The topological polar surface area (TPSA) is 97.7 Å². The molecule has 2 fully saturated rings. The number of hydrogen-bond acceptors (Lipinski definition) is 8. The Labute approximate surface area is 195 Å². The molecule has 2 aromatic carbocycles. The van der Waals surface area contributed by atoms with E-state index in [0.717, 1.165) is 0 Å². The highest BCUT2D eigenvalue weighted by molar-refractivity contribution is 6.24. The van der Waals surface area contributed by atoms with Crippen LogP contribution in [-0.4, -0.2) is 61.2 Å². The summed E-state index contributed by atoms with van der Waals surface area (Å²) in [6, 6.07) is 10.3. The summed E-state index contributed by atoms with van der Waals surface area (Å²) >= 11 is 0. The largest absolute Gasteiger partial charge is 0.497 e. The van der Waals surface area contributed by atoms with Crippen molar-refractivity contribution in [3.8, 4) is 17.2 Å². The summed E-state index contributed by atoms with van der Waals surface area (Å²) in [5, 5.41) is 5.97. The Balaban J connectivity index is 1.38. The molecule has 0 aromatic heterocycles. The first-order valence-electron chi connectivity index (χ1n) is 11.0. The molecule has 0 N–H and O–H groups in total. The summed E-state index contributed by atoms with van der Waals surface area (Å²) in [6.45, 7) is 0.833. The third kappa shape index (κ3) is 2.93. The van der Waals surface area contributed by atoms with Crippen LogP contribution in [0.4, 0.5) is 5.69 Å². The molecule has 9 nitrogen and oxygen atoms in total. The Morgan fingerprint density at radius 2 is 1.74 bits per heavy atom. The van der Waals surface area contributed by atoms with Gasteiger partial charge in [0, 0.05) is 17.8 Å². The molecule has 0 saturated carbocycles. The Hall–Kier alpha value is -4.14. The number of hydrogen-bond donors (Lipinski definition) is 0. The third-order valence-corrected chi connectivity index (χ3v) is 6.72. The first-order valence-corrected chi connectivity index (χ1v) is 11.0. The molecule has 1 unspecified atom stereocenters. The second-order valence-electron chi connectivity index (χ2n) is 8.45. The highest BCUT2D eigenvalue weighted by Gasteiger charge is 2.64. The number of benzene rings is 2. The van der Waals surface area contributed by atoms with Gasteiger partial charge in [-0.3, -0.25) is 19.4 Å². The van der Waals surface area contributed by atoms with Gasteiger partial charge in [-0.05, 0) is 42.5 Å². The van der Waals surface area contributed by atoms with Gasteiger partial charge in [0.25, 0.3) is 0 Å². The lowest BCUT2D eigenvalue weighted by Crippen LogP contribution is -2.46. The Morgan fingerprint density at radius 1 is 1.00 bits per heavy atom. The van der Waals surface area contributed by atoms with Crippen LogP contribution in [0.5, 0.6) is 17.2 Å². The highest BCUT2D eigenvalue weighted by atomic mass is 16.6. The average Bonchev–Trinajstić information content (AvgIpc) is 3.35. The zero-order chi connectivity index (χ0) is 23.4. The van der Waals surface area contributed by atoms with E-state index >= 15 is 0 Å². The standard InChI is InChI=1S/C25H21N3O6/c1-32-16-7-4-14(5-8-16)23(29)22-21-20(17-3-2-10-26-28(17)22)24(30)27(25(21)31)15-6-9-18-19(13-15)34-12-11-33-18/h2-10,13,17,20-22H,11-12H2,1H3/t17?,20-,21-,22+/m0/s1. The SMILES string of the molecule is COc1ccc(C(=O)[C@H]2[C@H]3C(=O)N(c4ccc5c(c4)OCCO5)C(=O)[C@H]3C3C=CC=NN32)cc1. The maximum atomic E-state index is 13.7. The summed E-state index contributed by atoms with van der Waals surface area (Å²) in [7, 11) is 1.55. The minimum absolute atomic E-state index is 0.266.